The van der Waals surface area contributed by atoms with E-state index in [4.69, 9.17) is 15.7 Å². The second kappa shape index (κ2) is 6.18. The molecule has 2 aromatic carbocycles. The molecule has 20 heavy (non-hydrogen) atoms. The van der Waals surface area contributed by atoms with Crippen LogP contribution in [0.2, 0.25) is 0 Å². The Morgan fingerprint density at radius 3 is 2.80 bits per heavy atom. The van der Waals surface area contributed by atoms with Crippen LogP contribution >= 0.6 is 0 Å². The fourth-order valence-corrected chi connectivity index (χ4v) is 1.85. The van der Waals surface area contributed by atoms with Gasteiger partial charge in [-0.3, -0.25) is 0 Å². The first-order valence-corrected chi connectivity index (χ1v) is 6.26. The highest BCUT2D eigenvalue weighted by Gasteiger charge is 2.04. The maximum atomic E-state index is 13.3. The van der Waals surface area contributed by atoms with Crippen LogP contribution in [0.4, 0.5) is 4.39 Å². The standard InChI is InChI=1S/C16H15FN2O/c1-11(19)14-3-2-4-16(8-14)20-10-13-5-12(9-18)6-15(17)7-13/h2-8,11H,10,19H2,1H3. The Morgan fingerprint density at radius 1 is 1.30 bits per heavy atom. The van der Waals surface area contributed by atoms with E-state index in [2.05, 4.69) is 0 Å². The summed E-state index contributed by atoms with van der Waals surface area (Å²) in [6, 6.07) is 13.5. The largest absolute Gasteiger partial charge is 0.489 e. The number of nitrogens with zero attached hydrogens (tertiary/aromatic N) is 1. The summed E-state index contributed by atoms with van der Waals surface area (Å²) < 4.78 is 18.9. The van der Waals surface area contributed by atoms with Crippen LogP contribution in [0.5, 0.6) is 5.75 Å². The number of rotatable bonds is 4. The fourth-order valence-electron chi connectivity index (χ4n) is 1.85. The van der Waals surface area contributed by atoms with Crippen LogP contribution in [0.15, 0.2) is 42.5 Å². The number of ether oxygens (including phenoxy) is 1. The zero-order chi connectivity index (χ0) is 14.5. The number of benzene rings is 2. The summed E-state index contributed by atoms with van der Waals surface area (Å²) in [5.74, 6) is 0.231. The van der Waals surface area contributed by atoms with Gasteiger partial charge in [0.05, 0.1) is 11.6 Å². The first kappa shape index (κ1) is 14.0. The van der Waals surface area contributed by atoms with Gasteiger partial charge >= 0.3 is 0 Å². The van der Waals surface area contributed by atoms with Crippen molar-refractivity contribution >= 4 is 0 Å². The third kappa shape index (κ3) is 3.56. The maximum Gasteiger partial charge on any atom is 0.124 e. The molecule has 0 saturated carbocycles. The summed E-state index contributed by atoms with van der Waals surface area (Å²) in [6.07, 6.45) is 0. The van der Waals surface area contributed by atoms with Crippen LogP contribution in [-0.2, 0) is 6.61 Å². The van der Waals surface area contributed by atoms with Crippen molar-refractivity contribution in [2.45, 2.75) is 19.6 Å². The molecule has 0 bridgehead atoms. The Labute approximate surface area is 117 Å². The Morgan fingerprint density at radius 2 is 2.10 bits per heavy atom. The van der Waals surface area contributed by atoms with E-state index >= 15 is 0 Å². The summed E-state index contributed by atoms with van der Waals surface area (Å²) in [4.78, 5) is 0. The van der Waals surface area contributed by atoms with Gasteiger partial charge in [-0.05, 0) is 48.4 Å². The van der Waals surface area contributed by atoms with E-state index in [1.54, 1.807) is 6.07 Å². The molecule has 0 saturated heterocycles. The number of nitriles is 1. The molecule has 0 aliphatic carbocycles. The van der Waals surface area contributed by atoms with Crippen LogP contribution in [0.1, 0.15) is 29.7 Å². The van der Waals surface area contributed by atoms with Crippen molar-refractivity contribution in [1.29, 1.82) is 5.26 Å². The van der Waals surface area contributed by atoms with Crippen LogP contribution in [0.3, 0.4) is 0 Å². The van der Waals surface area contributed by atoms with Crippen LogP contribution in [0, 0.1) is 17.1 Å². The Bertz CT molecular complexity index is 647. The maximum absolute atomic E-state index is 13.3. The van der Waals surface area contributed by atoms with Crippen molar-refractivity contribution in [1.82, 2.24) is 0 Å². The van der Waals surface area contributed by atoms with Crippen molar-refractivity contribution in [3.05, 3.63) is 65.0 Å². The first-order valence-electron chi connectivity index (χ1n) is 6.26. The molecule has 0 aliphatic rings. The topological polar surface area (TPSA) is 59.0 Å². The minimum Gasteiger partial charge on any atom is -0.489 e. The molecule has 102 valence electrons. The highest BCUT2D eigenvalue weighted by molar-refractivity contribution is 5.34. The van der Waals surface area contributed by atoms with E-state index < -0.39 is 5.82 Å². The van der Waals surface area contributed by atoms with Gasteiger partial charge in [-0.25, -0.2) is 4.39 Å². The first-order chi connectivity index (χ1) is 9.58. The second-order valence-corrected chi connectivity index (χ2v) is 4.61. The average molecular weight is 270 g/mol. The van der Waals surface area contributed by atoms with E-state index in [0.717, 1.165) is 5.56 Å². The van der Waals surface area contributed by atoms with Crippen molar-refractivity contribution in [2.24, 2.45) is 5.73 Å². The monoisotopic (exact) mass is 270 g/mol. The molecule has 0 radical (unpaired) electrons. The van der Waals surface area contributed by atoms with Crippen molar-refractivity contribution < 1.29 is 9.13 Å². The van der Waals surface area contributed by atoms with Crippen LogP contribution in [-0.4, -0.2) is 0 Å². The molecule has 0 aromatic heterocycles. The van der Waals surface area contributed by atoms with E-state index in [1.165, 1.54) is 12.1 Å². The molecule has 3 nitrogen and oxygen atoms in total. The molecule has 0 spiro atoms. The zero-order valence-electron chi connectivity index (χ0n) is 11.1. The lowest BCUT2D eigenvalue weighted by Gasteiger charge is -2.10. The fraction of sp³-hybridized carbons (Fsp3) is 0.188. The number of hydrogen-bond acceptors (Lipinski definition) is 3. The molecular formula is C16H15FN2O. The highest BCUT2D eigenvalue weighted by Crippen LogP contribution is 2.19. The van der Waals surface area contributed by atoms with Gasteiger partial charge in [-0.2, -0.15) is 5.26 Å². The molecule has 1 unspecified atom stereocenters. The Balaban J connectivity index is 2.11. The summed E-state index contributed by atoms with van der Waals surface area (Å²) in [5, 5.41) is 8.80. The predicted octanol–water partition coefficient (Wildman–Crippen LogP) is 3.30. The van der Waals surface area contributed by atoms with Gasteiger partial charge in [0.1, 0.15) is 18.2 Å². The molecule has 4 heteroatoms. The molecule has 0 heterocycles. The van der Waals surface area contributed by atoms with Gasteiger partial charge < -0.3 is 10.5 Å². The van der Waals surface area contributed by atoms with Gasteiger partial charge in [0.2, 0.25) is 0 Å². The molecule has 2 N–H and O–H groups in total. The van der Waals surface area contributed by atoms with Crippen molar-refractivity contribution in [3.8, 4) is 11.8 Å². The van der Waals surface area contributed by atoms with Gasteiger partial charge in [-0.15, -0.1) is 0 Å². The van der Waals surface area contributed by atoms with E-state index in [9.17, 15) is 4.39 Å². The summed E-state index contributed by atoms with van der Waals surface area (Å²) in [5.41, 5.74) is 7.68. The molecule has 1 atom stereocenters. The minimum atomic E-state index is -0.438. The lowest BCUT2D eigenvalue weighted by Crippen LogP contribution is -2.05. The SMILES string of the molecule is CC(N)c1cccc(OCc2cc(F)cc(C#N)c2)c1. The smallest absolute Gasteiger partial charge is 0.124 e. The lowest BCUT2D eigenvalue weighted by molar-refractivity contribution is 0.305. The van der Waals surface area contributed by atoms with Crippen LogP contribution < -0.4 is 10.5 Å². The van der Waals surface area contributed by atoms with Crippen molar-refractivity contribution in [2.75, 3.05) is 0 Å². The van der Waals surface area contributed by atoms with Crippen LogP contribution in [0.25, 0.3) is 0 Å². The van der Waals surface area contributed by atoms with E-state index in [1.807, 2.05) is 37.3 Å². The second-order valence-electron chi connectivity index (χ2n) is 4.61. The van der Waals surface area contributed by atoms with E-state index in [-0.39, 0.29) is 18.2 Å². The number of halogens is 1. The number of nitrogens with two attached hydrogens (primary N) is 1. The molecule has 0 aliphatic heterocycles. The number of hydrogen-bond donors (Lipinski definition) is 1. The lowest BCUT2D eigenvalue weighted by atomic mass is 10.1. The van der Waals surface area contributed by atoms with Crippen molar-refractivity contribution in [3.63, 3.8) is 0 Å². The minimum absolute atomic E-state index is 0.0714. The summed E-state index contributed by atoms with van der Waals surface area (Å²) in [6.45, 7) is 2.10. The Hall–Kier alpha value is -2.38. The normalized spacial score (nSPS) is 11.7. The third-order valence-corrected chi connectivity index (χ3v) is 2.88. The summed E-state index contributed by atoms with van der Waals surface area (Å²) >= 11 is 0. The quantitative estimate of drug-likeness (QED) is 0.927. The van der Waals surface area contributed by atoms with Gasteiger partial charge in [0, 0.05) is 6.04 Å². The zero-order valence-corrected chi connectivity index (χ0v) is 11.1. The molecule has 0 fully saturated rings. The van der Waals surface area contributed by atoms with E-state index in [0.29, 0.717) is 11.3 Å². The van der Waals surface area contributed by atoms with Gasteiger partial charge in [-0.1, -0.05) is 12.1 Å². The molecule has 0 amide bonds. The predicted molar refractivity (Wildman–Crippen MR) is 74.5 cm³/mol. The van der Waals surface area contributed by atoms with Gasteiger partial charge in [0.25, 0.3) is 0 Å². The molecule has 2 aromatic rings. The third-order valence-electron chi connectivity index (χ3n) is 2.88. The van der Waals surface area contributed by atoms with Gasteiger partial charge in [0.15, 0.2) is 0 Å². The molecule has 2 rings (SSSR count). The highest BCUT2D eigenvalue weighted by atomic mass is 19.1. The Kier molecular flexibility index (Phi) is 4.34. The average Bonchev–Trinajstić information content (AvgIpc) is 2.44. The summed E-state index contributed by atoms with van der Waals surface area (Å²) in [7, 11) is 0. The molecular weight excluding hydrogens is 255 g/mol.